The number of sulfonamides is 1. The number of nitrogens with zero attached hydrogens (tertiary/aromatic N) is 1. The van der Waals surface area contributed by atoms with Crippen LogP contribution in [0.25, 0.3) is 11.3 Å². The summed E-state index contributed by atoms with van der Waals surface area (Å²) in [6.45, 7) is 0. The van der Waals surface area contributed by atoms with Gasteiger partial charge in [-0.05, 0) is 30.3 Å². The standard InChI is InChI=1S/C19H19N3O5S2/c1-26-14-7-8-15(17(10-14)27-2)16-11-28-19(20-16)21-18(23)12-5-4-6-13(9-12)22-29(3,24)25/h4-11,22H,1-3H3,(H,20,21,23). The fourth-order valence-electron chi connectivity index (χ4n) is 2.57. The summed E-state index contributed by atoms with van der Waals surface area (Å²) in [5.74, 6) is 0.869. The number of nitrogens with one attached hydrogen (secondary N) is 2. The van der Waals surface area contributed by atoms with Gasteiger partial charge in [0.05, 0.1) is 26.2 Å². The van der Waals surface area contributed by atoms with Gasteiger partial charge in [-0.1, -0.05) is 6.07 Å². The molecular weight excluding hydrogens is 414 g/mol. The Hall–Kier alpha value is -3.11. The van der Waals surface area contributed by atoms with Crippen LogP contribution in [0.1, 0.15) is 10.4 Å². The second-order valence-corrected chi connectivity index (χ2v) is 8.62. The highest BCUT2D eigenvalue weighted by Gasteiger charge is 2.14. The average molecular weight is 434 g/mol. The van der Waals surface area contributed by atoms with Crippen LogP contribution in [0.4, 0.5) is 10.8 Å². The van der Waals surface area contributed by atoms with Crippen molar-refractivity contribution in [3.05, 3.63) is 53.4 Å². The van der Waals surface area contributed by atoms with E-state index in [2.05, 4.69) is 15.0 Å². The fraction of sp³-hybridized carbons (Fsp3) is 0.158. The predicted molar refractivity (Wildman–Crippen MR) is 114 cm³/mol. The van der Waals surface area contributed by atoms with Crippen LogP contribution in [0, 0.1) is 0 Å². The van der Waals surface area contributed by atoms with E-state index in [9.17, 15) is 13.2 Å². The van der Waals surface area contributed by atoms with E-state index in [1.807, 2.05) is 11.4 Å². The van der Waals surface area contributed by atoms with Gasteiger partial charge in [0, 0.05) is 28.3 Å². The molecule has 0 aliphatic heterocycles. The first kappa shape index (κ1) is 20.6. The number of ether oxygens (including phenoxy) is 2. The monoisotopic (exact) mass is 433 g/mol. The quantitative estimate of drug-likeness (QED) is 0.591. The van der Waals surface area contributed by atoms with Crippen molar-refractivity contribution in [2.75, 3.05) is 30.5 Å². The summed E-state index contributed by atoms with van der Waals surface area (Å²) < 4.78 is 35.7. The van der Waals surface area contributed by atoms with Crippen molar-refractivity contribution in [2.45, 2.75) is 0 Å². The van der Waals surface area contributed by atoms with Gasteiger partial charge in [-0.3, -0.25) is 14.8 Å². The van der Waals surface area contributed by atoms with Gasteiger partial charge in [-0.2, -0.15) is 0 Å². The molecule has 0 aliphatic carbocycles. The Labute approximate surface area is 172 Å². The van der Waals surface area contributed by atoms with E-state index in [0.717, 1.165) is 11.8 Å². The van der Waals surface area contributed by atoms with E-state index in [1.165, 1.54) is 17.4 Å². The lowest BCUT2D eigenvalue weighted by molar-refractivity contribution is 0.102. The van der Waals surface area contributed by atoms with Crippen molar-refractivity contribution < 1.29 is 22.7 Å². The van der Waals surface area contributed by atoms with E-state index < -0.39 is 15.9 Å². The molecule has 3 aromatic rings. The van der Waals surface area contributed by atoms with E-state index in [-0.39, 0.29) is 0 Å². The average Bonchev–Trinajstić information content (AvgIpc) is 3.14. The zero-order valence-corrected chi connectivity index (χ0v) is 17.6. The Kier molecular flexibility index (Phi) is 6.04. The summed E-state index contributed by atoms with van der Waals surface area (Å²) in [5.41, 5.74) is 2.03. The molecule has 0 radical (unpaired) electrons. The smallest absolute Gasteiger partial charge is 0.257 e. The van der Waals surface area contributed by atoms with Gasteiger partial charge in [0.1, 0.15) is 11.5 Å². The molecule has 0 fully saturated rings. The number of carbonyl (C=O) groups is 1. The van der Waals surface area contributed by atoms with Gasteiger partial charge in [0.2, 0.25) is 10.0 Å². The summed E-state index contributed by atoms with van der Waals surface area (Å²) in [4.78, 5) is 17.0. The minimum atomic E-state index is -3.43. The van der Waals surface area contributed by atoms with Gasteiger partial charge < -0.3 is 9.47 Å². The maximum atomic E-state index is 12.5. The number of benzene rings is 2. The van der Waals surface area contributed by atoms with Gasteiger partial charge in [0.25, 0.3) is 5.91 Å². The van der Waals surface area contributed by atoms with Crippen LogP contribution >= 0.6 is 11.3 Å². The Morgan fingerprint density at radius 1 is 1.10 bits per heavy atom. The summed E-state index contributed by atoms with van der Waals surface area (Å²) >= 11 is 1.27. The molecule has 0 atom stereocenters. The summed E-state index contributed by atoms with van der Waals surface area (Å²) in [6, 6.07) is 11.6. The first-order chi connectivity index (χ1) is 13.8. The van der Waals surface area contributed by atoms with Crippen LogP contribution in [0.3, 0.4) is 0 Å². The van der Waals surface area contributed by atoms with Crippen LogP contribution in [0.5, 0.6) is 11.5 Å². The number of hydrogen-bond donors (Lipinski definition) is 2. The van der Waals surface area contributed by atoms with E-state index in [4.69, 9.17) is 9.47 Å². The third-order valence-electron chi connectivity index (χ3n) is 3.84. The number of anilines is 2. The first-order valence-corrected chi connectivity index (χ1v) is 11.1. The van der Waals surface area contributed by atoms with Gasteiger partial charge in [0.15, 0.2) is 5.13 Å². The van der Waals surface area contributed by atoms with Gasteiger partial charge >= 0.3 is 0 Å². The van der Waals surface area contributed by atoms with Gasteiger partial charge in [-0.15, -0.1) is 11.3 Å². The highest BCUT2D eigenvalue weighted by atomic mass is 32.2. The molecule has 0 aliphatic rings. The van der Waals surface area contributed by atoms with Crippen molar-refractivity contribution in [1.82, 2.24) is 4.98 Å². The van der Waals surface area contributed by atoms with Crippen LogP contribution in [-0.4, -0.2) is 39.8 Å². The molecule has 152 valence electrons. The Balaban J connectivity index is 1.79. The molecule has 29 heavy (non-hydrogen) atoms. The van der Waals surface area contributed by atoms with Crippen LogP contribution in [-0.2, 0) is 10.0 Å². The van der Waals surface area contributed by atoms with Gasteiger partial charge in [-0.25, -0.2) is 13.4 Å². The molecule has 1 amide bonds. The molecule has 0 bridgehead atoms. The molecule has 0 unspecified atom stereocenters. The number of hydrogen-bond acceptors (Lipinski definition) is 7. The Morgan fingerprint density at radius 2 is 1.90 bits per heavy atom. The molecule has 0 spiro atoms. The summed E-state index contributed by atoms with van der Waals surface area (Å²) in [6.07, 6.45) is 1.05. The number of thiazole rings is 1. The molecule has 1 heterocycles. The predicted octanol–water partition coefficient (Wildman–Crippen LogP) is 3.45. The van der Waals surface area contributed by atoms with E-state index in [1.54, 1.807) is 44.6 Å². The minimum Gasteiger partial charge on any atom is -0.497 e. The topological polar surface area (TPSA) is 107 Å². The maximum absolute atomic E-state index is 12.5. The lowest BCUT2D eigenvalue weighted by atomic mass is 10.1. The Morgan fingerprint density at radius 3 is 2.59 bits per heavy atom. The number of aromatic nitrogens is 1. The molecule has 2 N–H and O–H groups in total. The fourth-order valence-corrected chi connectivity index (χ4v) is 3.83. The van der Waals surface area contributed by atoms with E-state index in [0.29, 0.717) is 33.6 Å². The molecule has 10 heteroatoms. The summed E-state index contributed by atoms with van der Waals surface area (Å²) in [7, 11) is -0.295. The third-order valence-corrected chi connectivity index (χ3v) is 5.20. The lowest BCUT2D eigenvalue weighted by Gasteiger charge is -2.08. The minimum absolute atomic E-state index is 0.303. The Bertz CT molecular complexity index is 1140. The largest absolute Gasteiger partial charge is 0.497 e. The molecule has 3 rings (SSSR count). The highest BCUT2D eigenvalue weighted by molar-refractivity contribution is 7.92. The van der Waals surface area contributed by atoms with Crippen molar-refractivity contribution in [2.24, 2.45) is 0 Å². The zero-order chi connectivity index (χ0) is 21.0. The van der Waals surface area contributed by atoms with Crippen molar-refractivity contribution in [3.63, 3.8) is 0 Å². The third kappa shape index (κ3) is 5.24. The molecule has 8 nitrogen and oxygen atoms in total. The second-order valence-electron chi connectivity index (χ2n) is 6.01. The number of carbonyl (C=O) groups excluding carboxylic acids is 1. The maximum Gasteiger partial charge on any atom is 0.257 e. The second kappa shape index (κ2) is 8.50. The number of methoxy groups -OCH3 is 2. The first-order valence-electron chi connectivity index (χ1n) is 8.36. The summed E-state index contributed by atoms with van der Waals surface area (Å²) in [5, 5.41) is 4.94. The molecule has 0 saturated carbocycles. The van der Waals surface area contributed by atoms with Crippen molar-refractivity contribution in [3.8, 4) is 22.8 Å². The number of rotatable bonds is 7. The van der Waals surface area contributed by atoms with Crippen LogP contribution in [0.15, 0.2) is 47.8 Å². The lowest BCUT2D eigenvalue weighted by Crippen LogP contribution is -2.13. The molecule has 2 aromatic carbocycles. The highest BCUT2D eigenvalue weighted by Crippen LogP contribution is 2.34. The SMILES string of the molecule is COc1ccc(-c2csc(NC(=O)c3cccc(NS(C)(=O)=O)c3)n2)c(OC)c1. The molecular formula is C19H19N3O5S2. The molecule has 1 aromatic heterocycles. The number of amides is 1. The van der Waals surface area contributed by atoms with Crippen molar-refractivity contribution >= 4 is 38.1 Å². The molecule has 0 saturated heterocycles. The van der Waals surface area contributed by atoms with Crippen LogP contribution in [0.2, 0.25) is 0 Å². The zero-order valence-electron chi connectivity index (χ0n) is 15.9. The van der Waals surface area contributed by atoms with Crippen LogP contribution < -0.4 is 19.5 Å². The normalized spacial score (nSPS) is 11.0. The van der Waals surface area contributed by atoms with E-state index >= 15 is 0 Å². The van der Waals surface area contributed by atoms with Crippen molar-refractivity contribution in [1.29, 1.82) is 0 Å².